The summed E-state index contributed by atoms with van der Waals surface area (Å²) in [5, 5.41) is 3.37. The molecule has 0 aliphatic heterocycles. The first-order chi connectivity index (χ1) is 6.26. The van der Waals surface area contributed by atoms with Gasteiger partial charge in [-0.25, -0.2) is 0 Å². The van der Waals surface area contributed by atoms with Gasteiger partial charge in [0.05, 0.1) is 0 Å². The maximum atomic E-state index is 5.51. The maximum absolute atomic E-state index is 5.51. The van der Waals surface area contributed by atoms with Crippen molar-refractivity contribution in [2.75, 3.05) is 6.54 Å². The van der Waals surface area contributed by atoms with Gasteiger partial charge in [0.2, 0.25) is 0 Å². The zero-order valence-electron chi connectivity index (χ0n) is 8.34. The molecule has 13 heavy (non-hydrogen) atoms. The van der Waals surface area contributed by atoms with Gasteiger partial charge in [0.1, 0.15) is 0 Å². The number of hydrogen-bond acceptors (Lipinski definition) is 3. The van der Waals surface area contributed by atoms with Crippen LogP contribution in [-0.4, -0.2) is 12.6 Å². The average Bonchev–Trinajstić information content (AvgIpc) is 2.61. The SMILES string of the molecule is CCc1ccc(CN[C@H](C)CN)s1. The molecule has 1 aromatic heterocycles. The summed E-state index contributed by atoms with van der Waals surface area (Å²) in [7, 11) is 0. The molecular formula is C10H18N2S. The lowest BCUT2D eigenvalue weighted by atomic mass is 10.3. The highest BCUT2D eigenvalue weighted by Gasteiger charge is 2.00. The molecule has 0 aliphatic carbocycles. The third kappa shape index (κ3) is 3.46. The Kier molecular flexibility index (Phi) is 4.42. The highest BCUT2D eigenvalue weighted by atomic mass is 32.1. The van der Waals surface area contributed by atoms with Crippen molar-refractivity contribution in [1.82, 2.24) is 5.32 Å². The minimum atomic E-state index is 0.409. The number of thiophene rings is 1. The molecule has 0 aromatic carbocycles. The van der Waals surface area contributed by atoms with Gasteiger partial charge in [-0.1, -0.05) is 6.92 Å². The van der Waals surface area contributed by atoms with Gasteiger partial charge >= 0.3 is 0 Å². The second-order valence-corrected chi connectivity index (χ2v) is 4.49. The van der Waals surface area contributed by atoms with Crippen LogP contribution in [0.2, 0.25) is 0 Å². The summed E-state index contributed by atoms with van der Waals surface area (Å²) in [6, 6.07) is 4.81. The maximum Gasteiger partial charge on any atom is 0.0302 e. The van der Waals surface area contributed by atoms with Crippen LogP contribution in [0.3, 0.4) is 0 Å². The molecule has 1 heterocycles. The predicted octanol–water partition coefficient (Wildman–Crippen LogP) is 1.75. The molecule has 0 bridgehead atoms. The van der Waals surface area contributed by atoms with Crippen molar-refractivity contribution in [3.8, 4) is 0 Å². The van der Waals surface area contributed by atoms with E-state index in [1.54, 1.807) is 0 Å². The third-order valence-electron chi connectivity index (χ3n) is 2.04. The summed E-state index contributed by atoms with van der Waals surface area (Å²) in [6.45, 7) is 5.94. The van der Waals surface area contributed by atoms with Gasteiger partial charge in [-0.2, -0.15) is 0 Å². The van der Waals surface area contributed by atoms with Crippen molar-refractivity contribution in [2.24, 2.45) is 5.73 Å². The Morgan fingerprint density at radius 1 is 1.46 bits per heavy atom. The van der Waals surface area contributed by atoms with E-state index in [-0.39, 0.29) is 0 Å². The van der Waals surface area contributed by atoms with E-state index in [0.717, 1.165) is 13.0 Å². The number of rotatable bonds is 5. The Morgan fingerprint density at radius 2 is 2.15 bits per heavy atom. The first-order valence-corrected chi connectivity index (χ1v) is 5.59. The number of hydrogen-bond donors (Lipinski definition) is 2. The average molecular weight is 198 g/mol. The van der Waals surface area contributed by atoms with Crippen LogP contribution in [0.25, 0.3) is 0 Å². The third-order valence-corrected chi connectivity index (χ3v) is 3.27. The van der Waals surface area contributed by atoms with Crippen LogP contribution in [0.5, 0.6) is 0 Å². The van der Waals surface area contributed by atoms with E-state index in [1.165, 1.54) is 9.75 Å². The van der Waals surface area contributed by atoms with Gasteiger partial charge in [-0.15, -0.1) is 11.3 Å². The monoisotopic (exact) mass is 198 g/mol. The molecule has 0 saturated heterocycles. The zero-order valence-corrected chi connectivity index (χ0v) is 9.16. The van der Waals surface area contributed by atoms with Crippen molar-refractivity contribution in [3.05, 3.63) is 21.9 Å². The highest BCUT2D eigenvalue weighted by Crippen LogP contribution is 2.16. The van der Waals surface area contributed by atoms with Crippen LogP contribution in [0, 0.1) is 0 Å². The van der Waals surface area contributed by atoms with E-state index >= 15 is 0 Å². The van der Waals surface area contributed by atoms with Crippen molar-refractivity contribution < 1.29 is 0 Å². The minimum Gasteiger partial charge on any atom is -0.329 e. The summed E-state index contributed by atoms with van der Waals surface area (Å²) in [5.41, 5.74) is 5.51. The lowest BCUT2D eigenvalue weighted by Crippen LogP contribution is -2.32. The molecule has 3 heteroatoms. The van der Waals surface area contributed by atoms with E-state index in [4.69, 9.17) is 5.73 Å². The van der Waals surface area contributed by atoms with Gasteiger partial charge in [0.15, 0.2) is 0 Å². The lowest BCUT2D eigenvalue weighted by Gasteiger charge is -2.09. The van der Waals surface area contributed by atoms with Crippen molar-refractivity contribution >= 4 is 11.3 Å². The molecule has 2 nitrogen and oxygen atoms in total. The molecule has 1 aromatic rings. The Bertz CT molecular complexity index is 245. The Balaban J connectivity index is 2.36. The molecule has 0 saturated carbocycles. The van der Waals surface area contributed by atoms with E-state index in [2.05, 4.69) is 31.3 Å². The fraction of sp³-hybridized carbons (Fsp3) is 0.600. The summed E-state index contributed by atoms with van der Waals surface area (Å²) in [6.07, 6.45) is 1.14. The van der Waals surface area contributed by atoms with Crippen LogP contribution < -0.4 is 11.1 Å². The van der Waals surface area contributed by atoms with Crippen molar-refractivity contribution in [2.45, 2.75) is 32.9 Å². The Labute approximate surface area is 84.2 Å². The molecule has 0 radical (unpaired) electrons. The number of nitrogens with two attached hydrogens (primary N) is 1. The molecule has 0 amide bonds. The Hall–Kier alpha value is -0.380. The van der Waals surface area contributed by atoms with Gasteiger partial charge in [-0.3, -0.25) is 0 Å². The topological polar surface area (TPSA) is 38.0 Å². The molecule has 74 valence electrons. The van der Waals surface area contributed by atoms with Crippen LogP contribution in [0.1, 0.15) is 23.6 Å². The van der Waals surface area contributed by atoms with Crippen LogP contribution in [0.4, 0.5) is 0 Å². The molecule has 0 spiro atoms. The Morgan fingerprint density at radius 3 is 2.69 bits per heavy atom. The highest BCUT2D eigenvalue weighted by molar-refractivity contribution is 7.11. The molecule has 0 fully saturated rings. The van der Waals surface area contributed by atoms with E-state index in [0.29, 0.717) is 12.6 Å². The zero-order chi connectivity index (χ0) is 9.68. The quantitative estimate of drug-likeness (QED) is 0.756. The van der Waals surface area contributed by atoms with Gasteiger partial charge in [0, 0.05) is 28.9 Å². The molecule has 3 N–H and O–H groups in total. The second kappa shape index (κ2) is 5.37. The van der Waals surface area contributed by atoms with E-state index in [1.807, 2.05) is 11.3 Å². The van der Waals surface area contributed by atoms with Gasteiger partial charge in [-0.05, 0) is 25.5 Å². The largest absolute Gasteiger partial charge is 0.329 e. The molecule has 1 rings (SSSR count). The van der Waals surface area contributed by atoms with Crippen LogP contribution >= 0.6 is 11.3 Å². The van der Waals surface area contributed by atoms with Crippen LogP contribution in [-0.2, 0) is 13.0 Å². The van der Waals surface area contributed by atoms with Gasteiger partial charge < -0.3 is 11.1 Å². The smallest absolute Gasteiger partial charge is 0.0302 e. The predicted molar refractivity (Wildman–Crippen MR) is 59.1 cm³/mol. The van der Waals surface area contributed by atoms with E-state index in [9.17, 15) is 0 Å². The lowest BCUT2D eigenvalue weighted by molar-refractivity contribution is 0.560. The molecule has 0 unspecified atom stereocenters. The summed E-state index contributed by atoms with van der Waals surface area (Å²) >= 11 is 1.88. The number of nitrogens with one attached hydrogen (secondary N) is 1. The molecule has 0 aliphatic rings. The normalized spacial score (nSPS) is 13.2. The summed E-state index contributed by atoms with van der Waals surface area (Å²) in [4.78, 5) is 2.86. The standard InChI is InChI=1S/C10H18N2S/c1-3-9-4-5-10(13-9)7-12-8(2)6-11/h4-5,8,12H,3,6-7,11H2,1-2H3/t8-/m1/s1. The van der Waals surface area contributed by atoms with Crippen LogP contribution in [0.15, 0.2) is 12.1 Å². The fourth-order valence-electron chi connectivity index (χ4n) is 1.07. The van der Waals surface area contributed by atoms with Gasteiger partial charge in [0.25, 0.3) is 0 Å². The summed E-state index contributed by atoms with van der Waals surface area (Å²) in [5.74, 6) is 0. The fourth-order valence-corrected chi connectivity index (χ4v) is 1.97. The summed E-state index contributed by atoms with van der Waals surface area (Å²) < 4.78 is 0. The first kappa shape index (κ1) is 10.7. The molecular weight excluding hydrogens is 180 g/mol. The second-order valence-electron chi connectivity index (χ2n) is 3.24. The van der Waals surface area contributed by atoms with Crippen molar-refractivity contribution in [1.29, 1.82) is 0 Å². The van der Waals surface area contributed by atoms with Crippen molar-refractivity contribution in [3.63, 3.8) is 0 Å². The molecule has 1 atom stereocenters. The van der Waals surface area contributed by atoms with E-state index < -0.39 is 0 Å². The first-order valence-electron chi connectivity index (χ1n) is 4.77. The number of aryl methyl sites for hydroxylation is 1. The minimum absolute atomic E-state index is 0.409.